The van der Waals surface area contributed by atoms with E-state index in [1.54, 1.807) is 29.7 Å². The molecule has 6 nitrogen and oxygen atoms in total. The minimum atomic E-state index is -0.750. The van der Waals surface area contributed by atoms with Crippen LogP contribution < -0.4 is 10.1 Å². The Kier molecular flexibility index (Phi) is 7.28. The normalized spacial score (nSPS) is 10.2. The SMILES string of the molecule is Cc1ccc(Oc2cc(C(=O)Nc3ccc(C)cn3)cc3scc(C)c23)cc1.O=S=O. The van der Waals surface area contributed by atoms with Crippen molar-refractivity contribution in [2.24, 2.45) is 0 Å². The highest BCUT2D eigenvalue weighted by atomic mass is 32.1. The Morgan fingerprint density at radius 2 is 1.68 bits per heavy atom. The molecular formula is C23H20N2O4S2. The highest BCUT2D eigenvalue weighted by Gasteiger charge is 2.15. The van der Waals surface area contributed by atoms with Crippen LogP contribution in [-0.2, 0) is 11.6 Å². The van der Waals surface area contributed by atoms with Gasteiger partial charge < -0.3 is 10.1 Å². The molecule has 0 unspecified atom stereocenters. The van der Waals surface area contributed by atoms with Gasteiger partial charge in [0.25, 0.3) is 5.91 Å². The Bertz CT molecular complexity index is 1240. The fraction of sp³-hybridized carbons (Fsp3) is 0.130. The third kappa shape index (κ3) is 5.62. The number of aromatic nitrogens is 1. The van der Waals surface area contributed by atoms with Crippen molar-refractivity contribution in [2.75, 3.05) is 5.32 Å². The topological polar surface area (TPSA) is 85.4 Å². The first-order valence-corrected chi connectivity index (χ1v) is 10.9. The maximum absolute atomic E-state index is 12.8. The molecule has 31 heavy (non-hydrogen) atoms. The Morgan fingerprint density at radius 1 is 1.00 bits per heavy atom. The van der Waals surface area contributed by atoms with Gasteiger partial charge in [-0.15, -0.1) is 11.3 Å². The molecule has 4 rings (SSSR count). The summed E-state index contributed by atoms with van der Waals surface area (Å²) in [5, 5.41) is 5.97. The van der Waals surface area contributed by atoms with E-state index in [4.69, 9.17) is 13.2 Å². The van der Waals surface area contributed by atoms with Gasteiger partial charge in [-0.05, 0) is 67.6 Å². The molecule has 0 atom stereocenters. The molecule has 0 bridgehead atoms. The number of hydrogen-bond donors (Lipinski definition) is 1. The van der Waals surface area contributed by atoms with E-state index in [1.165, 1.54) is 5.56 Å². The summed E-state index contributed by atoms with van der Waals surface area (Å²) in [6, 6.07) is 15.3. The fourth-order valence-electron chi connectivity index (χ4n) is 2.96. The van der Waals surface area contributed by atoms with Crippen LogP contribution in [0.2, 0.25) is 0 Å². The number of thiophene rings is 1. The Hall–Kier alpha value is -3.36. The molecule has 8 heteroatoms. The first-order chi connectivity index (χ1) is 14.9. The number of aryl methyl sites for hydroxylation is 3. The molecule has 1 amide bonds. The largest absolute Gasteiger partial charge is 0.457 e. The van der Waals surface area contributed by atoms with Crippen molar-refractivity contribution in [1.29, 1.82) is 0 Å². The van der Waals surface area contributed by atoms with E-state index in [0.717, 1.165) is 27.0 Å². The lowest BCUT2D eigenvalue weighted by atomic mass is 10.1. The molecular weight excluding hydrogens is 432 g/mol. The molecule has 0 aliphatic heterocycles. The van der Waals surface area contributed by atoms with Gasteiger partial charge in [0.05, 0.1) is 0 Å². The molecule has 4 aromatic rings. The van der Waals surface area contributed by atoms with Gasteiger partial charge in [-0.2, -0.15) is 8.42 Å². The molecule has 2 heterocycles. The highest BCUT2D eigenvalue weighted by molar-refractivity contribution is 7.51. The third-order valence-electron chi connectivity index (χ3n) is 4.49. The van der Waals surface area contributed by atoms with Gasteiger partial charge in [-0.3, -0.25) is 4.79 Å². The zero-order valence-corrected chi connectivity index (χ0v) is 18.8. The minimum absolute atomic E-state index is 0.210. The lowest BCUT2D eigenvalue weighted by Gasteiger charge is -2.11. The van der Waals surface area contributed by atoms with Gasteiger partial charge in [0, 0.05) is 21.8 Å². The minimum Gasteiger partial charge on any atom is -0.457 e. The molecule has 158 valence electrons. The summed E-state index contributed by atoms with van der Waals surface area (Å²) in [7, 11) is 0. The summed E-state index contributed by atoms with van der Waals surface area (Å²) in [5.74, 6) is 1.74. The average molecular weight is 453 g/mol. The summed E-state index contributed by atoms with van der Waals surface area (Å²) < 4.78 is 23.8. The molecule has 0 aliphatic carbocycles. The Balaban J connectivity index is 0.000000858. The summed E-state index contributed by atoms with van der Waals surface area (Å²) in [6.07, 6.45) is 1.73. The van der Waals surface area contributed by atoms with Crippen LogP contribution in [0.1, 0.15) is 27.0 Å². The van der Waals surface area contributed by atoms with Crippen molar-refractivity contribution < 1.29 is 17.9 Å². The number of hydrogen-bond acceptors (Lipinski definition) is 6. The lowest BCUT2D eigenvalue weighted by molar-refractivity contribution is 0.102. The number of pyridine rings is 1. The molecule has 1 N–H and O–H groups in total. The number of carbonyl (C=O) groups is 1. The quantitative estimate of drug-likeness (QED) is 0.436. The van der Waals surface area contributed by atoms with Gasteiger partial charge in [-0.1, -0.05) is 23.8 Å². The Labute approximate surface area is 187 Å². The maximum Gasteiger partial charge on any atom is 0.335 e. The van der Waals surface area contributed by atoms with E-state index in [0.29, 0.717) is 17.1 Å². The molecule has 0 radical (unpaired) electrons. The van der Waals surface area contributed by atoms with E-state index in [9.17, 15) is 4.79 Å². The monoisotopic (exact) mass is 452 g/mol. The zero-order chi connectivity index (χ0) is 22.4. The van der Waals surface area contributed by atoms with Gasteiger partial charge in [0.2, 0.25) is 0 Å². The predicted octanol–water partition coefficient (Wildman–Crippen LogP) is 5.60. The van der Waals surface area contributed by atoms with Crippen LogP contribution in [0.25, 0.3) is 10.1 Å². The molecule has 0 saturated heterocycles. The number of anilines is 1. The first kappa shape index (κ1) is 22.3. The van der Waals surface area contributed by atoms with E-state index in [-0.39, 0.29) is 5.91 Å². The maximum atomic E-state index is 12.8. The van der Waals surface area contributed by atoms with Gasteiger partial charge in [0.1, 0.15) is 17.3 Å². The standard InChI is InChI=1S/C23H20N2O2S.O2S/c1-14-4-7-18(8-5-14)27-19-10-17(11-20-22(19)16(3)13-28-20)23(26)25-21-9-6-15(2)12-24-21;1-3-2/h4-13H,1-3H3,(H,24,25,26);. The van der Waals surface area contributed by atoms with Crippen molar-refractivity contribution in [3.05, 3.63) is 82.4 Å². The molecule has 0 spiro atoms. The second-order valence-corrected chi connectivity index (χ2v) is 7.97. The zero-order valence-electron chi connectivity index (χ0n) is 17.2. The molecule has 0 saturated carbocycles. The summed E-state index contributed by atoms with van der Waals surface area (Å²) >= 11 is 0.855. The number of nitrogens with one attached hydrogen (secondary N) is 1. The van der Waals surface area contributed by atoms with Crippen molar-refractivity contribution in [1.82, 2.24) is 4.98 Å². The van der Waals surface area contributed by atoms with E-state index in [2.05, 4.69) is 22.6 Å². The van der Waals surface area contributed by atoms with Gasteiger partial charge >= 0.3 is 11.6 Å². The van der Waals surface area contributed by atoms with Crippen LogP contribution >= 0.6 is 11.3 Å². The van der Waals surface area contributed by atoms with Crippen molar-refractivity contribution >= 4 is 44.7 Å². The summed E-state index contributed by atoms with van der Waals surface area (Å²) in [4.78, 5) is 17.0. The first-order valence-electron chi connectivity index (χ1n) is 9.33. The van der Waals surface area contributed by atoms with Gasteiger partial charge in [-0.25, -0.2) is 4.98 Å². The summed E-state index contributed by atoms with van der Waals surface area (Å²) in [6.45, 7) is 6.05. The number of nitrogens with zero attached hydrogens (tertiary/aromatic N) is 1. The number of benzene rings is 2. The van der Waals surface area contributed by atoms with Gasteiger partial charge in [0.15, 0.2) is 0 Å². The second kappa shape index (κ2) is 10.1. The van der Waals surface area contributed by atoms with Crippen molar-refractivity contribution in [3.8, 4) is 11.5 Å². The van der Waals surface area contributed by atoms with E-state index in [1.807, 2.05) is 50.2 Å². The third-order valence-corrected chi connectivity index (χ3v) is 5.53. The number of fused-ring (bicyclic) bond motifs is 1. The number of ether oxygens (including phenoxy) is 1. The van der Waals surface area contributed by atoms with Crippen LogP contribution in [0.15, 0.2) is 60.1 Å². The summed E-state index contributed by atoms with van der Waals surface area (Å²) in [5.41, 5.74) is 3.89. The van der Waals surface area contributed by atoms with E-state index < -0.39 is 11.6 Å². The molecule has 2 aromatic carbocycles. The number of amides is 1. The number of rotatable bonds is 4. The van der Waals surface area contributed by atoms with Crippen molar-refractivity contribution in [3.63, 3.8) is 0 Å². The smallest absolute Gasteiger partial charge is 0.335 e. The average Bonchev–Trinajstić information content (AvgIpc) is 3.13. The van der Waals surface area contributed by atoms with Crippen LogP contribution in [-0.4, -0.2) is 19.3 Å². The van der Waals surface area contributed by atoms with Crippen molar-refractivity contribution in [2.45, 2.75) is 20.8 Å². The lowest BCUT2D eigenvalue weighted by Crippen LogP contribution is -2.13. The number of carbonyl (C=O) groups excluding carboxylic acids is 1. The highest BCUT2D eigenvalue weighted by Crippen LogP contribution is 2.37. The van der Waals surface area contributed by atoms with Crippen LogP contribution in [0.5, 0.6) is 11.5 Å². The van der Waals surface area contributed by atoms with Crippen LogP contribution in [0.3, 0.4) is 0 Å². The molecule has 0 aliphatic rings. The fourth-order valence-corrected chi connectivity index (χ4v) is 3.95. The molecule has 2 aromatic heterocycles. The van der Waals surface area contributed by atoms with Crippen LogP contribution in [0.4, 0.5) is 5.82 Å². The predicted molar refractivity (Wildman–Crippen MR) is 124 cm³/mol. The van der Waals surface area contributed by atoms with E-state index >= 15 is 0 Å². The van der Waals surface area contributed by atoms with Crippen LogP contribution in [0, 0.1) is 20.8 Å². The Morgan fingerprint density at radius 3 is 2.32 bits per heavy atom. The second-order valence-electron chi connectivity index (χ2n) is 6.92. The molecule has 0 fully saturated rings.